The minimum Gasteiger partial charge on any atom is -0.385 e. The van der Waals surface area contributed by atoms with Crippen LogP contribution in [0.5, 0.6) is 0 Å². The molecule has 3 rings (SSSR count). The van der Waals surface area contributed by atoms with Crippen molar-refractivity contribution in [1.82, 2.24) is 9.55 Å². The van der Waals surface area contributed by atoms with Gasteiger partial charge >= 0.3 is 0 Å². The average molecular weight is 432 g/mol. The van der Waals surface area contributed by atoms with Crippen LogP contribution in [0.25, 0.3) is 10.9 Å². The average Bonchev–Trinajstić information content (AvgIpc) is 2.70. The fourth-order valence-corrected chi connectivity index (χ4v) is 3.97. The second kappa shape index (κ2) is 9.91. The third kappa shape index (κ3) is 5.38. The van der Waals surface area contributed by atoms with E-state index in [1.54, 1.807) is 35.9 Å². The summed E-state index contributed by atoms with van der Waals surface area (Å²) in [7, 11) is 1.62. The molecule has 0 bridgehead atoms. The number of hydrogen-bond donors (Lipinski definition) is 1. The Morgan fingerprint density at radius 2 is 2.07 bits per heavy atom. The first-order chi connectivity index (χ1) is 14.0. The number of anilines is 1. The van der Waals surface area contributed by atoms with Gasteiger partial charge in [-0.25, -0.2) is 4.98 Å². The normalized spacial score (nSPS) is 11.0. The van der Waals surface area contributed by atoms with Crippen LogP contribution in [0.4, 0.5) is 5.69 Å². The number of carbonyl (C=O) groups is 1. The number of rotatable bonds is 8. The first-order valence-electron chi connectivity index (χ1n) is 9.17. The van der Waals surface area contributed by atoms with Gasteiger partial charge in [0.1, 0.15) is 0 Å². The van der Waals surface area contributed by atoms with Crippen LogP contribution in [0.2, 0.25) is 5.02 Å². The van der Waals surface area contributed by atoms with Gasteiger partial charge in [-0.05, 0) is 43.2 Å². The zero-order valence-corrected chi connectivity index (χ0v) is 17.8. The van der Waals surface area contributed by atoms with Crippen LogP contribution in [0.15, 0.2) is 52.4 Å². The van der Waals surface area contributed by atoms with Gasteiger partial charge in [-0.1, -0.05) is 41.6 Å². The predicted molar refractivity (Wildman–Crippen MR) is 118 cm³/mol. The molecule has 29 heavy (non-hydrogen) atoms. The molecule has 1 heterocycles. The van der Waals surface area contributed by atoms with E-state index in [0.717, 1.165) is 5.56 Å². The third-order valence-electron chi connectivity index (χ3n) is 4.29. The molecule has 0 aliphatic carbocycles. The van der Waals surface area contributed by atoms with E-state index in [4.69, 9.17) is 16.3 Å². The molecule has 1 aromatic heterocycles. The molecule has 0 saturated carbocycles. The van der Waals surface area contributed by atoms with E-state index in [1.807, 2.05) is 25.1 Å². The number of amides is 1. The Morgan fingerprint density at radius 1 is 1.28 bits per heavy atom. The van der Waals surface area contributed by atoms with Gasteiger partial charge in [0.05, 0.1) is 27.4 Å². The Kier molecular flexibility index (Phi) is 7.30. The zero-order valence-electron chi connectivity index (χ0n) is 16.3. The van der Waals surface area contributed by atoms with Gasteiger partial charge in [0.15, 0.2) is 5.16 Å². The summed E-state index contributed by atoms with van der Waals surface area (Å²) < 4.78 is 6.71. The monoisotopic (exact) mass is 431 g/mol. The van der Waals surface area contributed by atoms with Crippen LogP contribution in [-0.2, 0) is 16.1 Å². The molecular formula is C21H22ClN3O3S. The highest BCUT2D eigenvalue weighted by Crippen LogP contribution is 2.24. The maximum atomic E-state index is 12.9. The Morgan fingerprint density at radius 3 is 2.83 bits per heavy atom. The molecule has 0 fully saturated rings. The Hall–Kier alpha value is -2.35. The van der Waals surface area contributed by atoms with Gasteiger partial charge < -0.3 is 10.1 Å². The number of aryl methyl sites for hydroxylation is 1. The Balaban J connectivity index is 1.79. The molecule has 1 amide bonds. The van der Waals surface area contributed by atoms with E-state index in [1.165, 1.54) is 11.8 Å². The van der Waals surface area contributed by atoms with Gasteiger partial charge in [-0.15, -0.1) is 0 Å². The van der Waals surface area contributed by atoms with Crippen molar-refractivity contribution in [1.29, 1.82) is 0 Å². The molecule has 0 saturated heterocycles. The number of hydrogen-bond acceptors (Lipinski definition) is 5. The summed E-state index contributed by atoms with van der Waals surface area (Å²) in [6, 6.07) is 12.7. The summed E-state index contributed by atoms with van der Waals surface area (Å²) in [6.07, 6.45) is 0.676. The highest BCUT2D eigenvalue weighted by molar-refractivity contribution is 7.99. The summed E-state index contributed by atoms with van der Waals surface area (Å²) in [5.41, 5.74) is 2.08. The number of methoxy groups -OCH3 is 1. The maximum Gasteiger partial charge on any atom is 0.262 e. The van der Waals surface area contributed by atoms with Gasteiger partial charge in [0, 0.05) is 20.3 Å². The lowest BCUT2D eigenvalue weighted by molar-refractivity contribution is -0.113. The van der Waals surface area contributed by atoms with Crippen molar-refractivity contribution in [2.75, 3.05) is 24.8 Å². The minimum absolute atomic E-state index is 0.110. The lowest BCUT2D eigenvalue weighted by atomic mass is 10.2. The summed E-state index contributed by atoms with van der Waals surface area (Å²) in [6.45, 7) is 2.94. The highest BCUT2D eigenvalue weighted by Gasteiger charge is 2.14. The molecule has 2 aromatic carbocycles. The standard InChI is InChI=1S/C21H22ClN3O3S/c1-14-8-9-18(16(22)12-14)23-19(26)13-29-21-24-17-7-4-3-6-15(17)20(27)25(21)10-5-11-28-2/h3-4,6-9,12H,5,10-11,13H2,1-2H3,(H,23,26). The molecule has 8 heteroatoms. The van der Waals surface area contributed by atoms with Gasteiger partial charge in [0.2, 0.25) is 5.91 Å². The molecule has 1 N–H and O–H groups in total. The van der Waals surface area contributed by atoms with Crippen molar-refractivity contribution < 1.29 is 9.53 Å². The van der Waals surface area contributed by atoms with Gasteiger partial charge in [-0.3, -0.25) is 14.2 Å². The van der Waals surface area contributed by atoms with Crippen molar-refractivity contribution in [3.63, 3.8) is 0 Å². The summed E-state index contributed by atoms with van der Waals surface area (Å²) in [4.78, 5) is 29.9. The van der Waals surface area contributed by atoms with E-state index >= 15 is 0 Å². The highest BCUT2D eigenvalue weighted by atomic mass is 35.5. The van der Waals surface area contributed by atoms with Crippen LogP contribution >= 0.6 is 23.4 Å². The number of thioether (sulfide) groups is 1. The van der Waals surface area contributed by atoms with E-state index in [2.05, 4.69) is 10.3 Å². The first kappa shape index (κ1) is 21.4. The summed E-state index contributed by atoms with van der Waals surface area (Å²) in [5, 5.41) is 4.36. The van der Waals surface area contributed by atoms with E-state index in [9.17, 15) is 9.59 Å². The Labute approximate surface area is 178 Å². The number of fused-ring (bicyclic) bond motifs is 1. The first-order valence-corrected chi connectivity index (χ1v) is 10.5. The molecule has 6 nitrogen and oxygen atoms in total. The molecule has 0 atom stereocenters. The number of benzene rings is 2. The molecule has 152 valence electrons. The second-order valence-corrected chi connectivity index (χ2v) is 7.88. The zero-order chi connectivity index (χ0) is 20.8. The van der Waals surface area contributed by atoms with Crippen LogP contribution in [0.1, 0.15) is 12.0 Å². The van der Waals surface area contributed by atoms with Crippen molar-refractivity contribution in [3.05, 3.63) is 63.4 Å². The fourth-order valence-electron chi connectivity index (χ4n) is 2.86. The number of nitrogens with one attached hydrogen (secondary N) is 1. The molecule has 0 unspecified atom stereocenters. The molecule has 0 radical (unpaired) electrons. The topological polar surface area (TPSA) is 73.2 Å². The third-order valence-corrected chi connectivity index (χ3v) is 5.58. The van der Waals surface area contributed by atoms with Crippen LogP contribution < -0.4 is 10.9 Å². The molecule has 3 aromatic rings. The summed E-state index contributed by atoms with van der Waals surface area (Å²) in [5.74, 6) is -0.106. The van der Waals surface area contributed by atoms with Crippen LogP contribution in [0.3, 0.4) is 0 Å². The number of halogens is 1. The van der Waals surface area contributed by atoms with Gasteiger partial charge in [-0.2, -0.15) is 0 Å². The lowest BCUT2D eigenvalue weighted by Gasteiger charge is -2.13. The predicted octanol–water partition coefficient (Wildman–Crippen LogP) is 4.13. The maximum absolute atomic E-state index is 12.9. The van der Waals surface area contributed by atoms with E-state index in [-0.39, 0.29) is 17.2 Å². The molecule has 0 spiro atoms. The SMILES string of the molecule is COCCCn1c(SCC(=O)Nc2ccc(C)cc2Cl)nc2ccccc2c1=O. The van der Waals surface area contributed by atoms with Crippen LogP contribution in [0, 0.1) is 6.92 Å². The number of nitrogens with zero attached hydrogens (tertiary/aromatic N) is 2. The number of aromatic nitrogens is 2. The van der Waals surface area contributed by atoms with Crippen LogP contribution in [-0.4, -0.2) is 34.9 Å². The largest absolute Gasteiger partial charge is 0.385 e. The van der Waals surface area contributed by atoms with E-state index in [0.29, 0.717) is 46.3 Å². The second-order valence-electron chi connectivity index (χ2n) is 6.53. The van der Waals surface area contributed by atoms with Crippen molar-refractivity contribution in [3.8, 4) is 0 Å². The number of para-hydroxylation sites is 1. The number of ether oxygens (including phenoxy) is 1. The smallest absolute Gasteiger partial charge is 0.262 e. The molecule has 0 aliphatic heterocycles. The van der Waals surface area contributed by atoms with Gasteiger partial charge in [0.25, 0.3) is 5.56 Å². The van der Waals surface area contributed by atoms with Crippen molar-refractivity contribution >= 4 is 45.9 Å². The summed E-state index contributed by atoms with van der Waals surface area (Å²) >= 11 is 7.41. The minimum atomic E-state index is -0.216. The molecular weight excluding hydrogens is 410 g/mol. The van der Waals surface area contributed by atoms with Crippen molar-refractivity contribution in [2.45, 2.75) is 25.0 Å². The quantitative estimate of drug-likeness (QED) is 0.330. The lowest BCUT2D eigenvalue weighted by Crippen LogP contribution is -2.25. The Bertz CT molecular complexity index is 1080. The number of carbonyl (C=O) groups excluding carboxylic acids is 1. The molecule has 0 aliphatic rings. The van der Waals surface area contributed by atoms with E-state index < -0.39 is 0 Å². The van der Waals surface area contributed by atoms with Crippen molar-refractivity contribution in [2.24, 2.45) is 0 Å². The fraction of sp³-hybridized carbons (Fsp3) is 0.286.